The van der Waals surface area contributed by atoms with E-state index in [-0.39, 0.29) is 13.0 Å². The molecule has 0 saturated carbocycles. The van der Waals surface area contributed by atoms with E-state index in [4.69, 9.17) is 0 Å². The zero-order valence-corrected chi connectivity index (χ0v) is 6.92. The van der Waals surface area contributed by atoms with Crippen molar-refractivity contribution in [2.75, 3.05) is 0 Å². The van der Waals surface area contributed by atoms with E-state index >= 15 is 0 Å². The summed E-state index contributed by atoms with van der Waals surface area (Å²) in [7, 11) is 0. The van der Waals surface area contributed by atoms with Gasteiger partial charge in [0.25, 0.3) is 0 Å². The van der Waals surface area contributed by atoms with Crippen LogP contribution in [-0.4, -0.2) is 12.4 Å². The highest BCUT2D eigenvalue weighted by Crippen LogP contribution is 2.50. The molecular formula is C7H8F6. The minimum absolute atomic E-state index is 0.104. The Morgan fingerprint density at radius 3 is 1.23 bits per heavy atom. The molecule has 0 atom stereocenters. The lowest BCUT2D eigenvalue weighted by Gasteiger charge is -2.30. The molecule has 0 aromatic carbocycles. The molecule has 0 nitrogen and oxygen atoms in total. The second-order valence-electron chi connectivity index (χ2n) is 2.70. The molecule has 78 valence electrons. The van der Waals surface area contributed by atoms with Crippen LogP contribution in [0.4, 0.5) is 26.3 Å². The third kappa shape index (κ3) is 2.16. The SMILES string of the molecule is CC=CC(C)(C(F)(F)F)C(F)(F)F. The zero-order chi connectivity index (χ0) is 10.9. The molecule has 0 aliphatic carbocycles. The molecule has 0 amide bonds. The summed E-state index contributed by atoms with van der Waals surface area (Å²) >= 11 is 0. The van der Waals surface area contributed by atoms with Gasteiger partial charge in [-0.3, -0.25) is 0 Å². The van der Waals surface area contributed by atoms with Crippen molar-refractivity contribution in [2.24, 2.45) is 5.41 Å². The van der Waals surface area contributed by atoms with E-state index in [9.17, 15) is 26.3 Å². The van der Waals surface area contributed by atoms with Crippen LogP contribution in [0.1, 0.15) is 13.8 Å². The summed E-state index contributed by atoms with van der Waals surface area (Å²) in [6.45, 7) is 1.21. The summed E-state index contributed by atoms with van der Waals surface area (Å²) < 4.78 is 72.1. The maximum atomic E-state index is 12.0. The Morgan fingerprint density at radius 1 is 0.846 bits per heavy atom. The summed E-state index contributed by atoms with van der Waals surface area (Å²) in [5.41, 5.74) is -3.76. The van der Waals surface area contributed by atoms with Crippen LogP contribution in [0, 0.1) is 5.41 Å². The predicted molar refractivity (Wildman–Crippen MR) is 35.0 cm³/mol. The van der Waals surface area contributed by atoms with Gasteiger partial charge in [0.2, 0.25) is 0 Å². The molecule has 13 heavy (non-hydrogen) atoms. The fourth-order valence-corrected chi connectivity index (χ4v) is 0.683. The van der Waals surface area contributed by atoms with Gasteiger partial charge in [0.15, 0.2) is 5.41 Å². The van der Waals surface area contributed by atoms with E-state index in [2.05, 4.69) is 0 Å². The molecule has 0 fully saturated rings. The molecule has 0 saturated heterocycles. The van der Waals surface area contributed by atoms with Gasteiger partial charge in [0.05, 0.1) is 0 Å². The average Bonchev–Trinajstić information content (AvgIpc) is 1.82. The van der Waals surface area contributed by atoms with Crippen molar-refractivity contribution < 1.29 is 26.3 Å². The van der Waals surface area contributed by atoms with Gasteiger partial charge in [0.1, 0.15) is 0 Å². The van der Waals surface area contributed by atoms with Gasteiger partial charge >= 0.3 is 12.4 Å². The molecule has 0 unspecified atom stereocenters. The minimum Gasteiger partial charge on any atom is -0.170 e. The number of hydrogen-bond acceptors (Lipinski definition) is 0. The summed E-state index contributed by atoms with van der Waals surface area (Å²) in [5, 5.41) is 0. The van der Waals surface area contributed by atoms with E-state index in [1.807, 2.05) is 0 Å². The fourth-order valence-electron chi connectivity index (χ4n) is 0.683. The van der Waals surface area contributed by atoms with Crippen LogP contribution in [0.2, 0.25) is 0 Å². The minimum atomic E-state index is -5.32. The van der Waals surface area contributed by atoms with Crippen molar-refractivity contribution in [3.05, 3.63) is 12.2 Å². The van der Waals surface area contributed by atoms with Crippen LogP contribution in [0.25, 0.3) is 0 Å². The number of hydrogen-bond donors (Lipinski definition) is 0. The molecule has 0 bridgehead atoms. The Kier molecular flexibility index (Phi) is 3.06. The number of rotatable bonds is 1. The maximum Gasteiger partial charge on any atom is 0.406 e. The number of alkyl halides is 6. The monoisotopic (exact) mass is 206 g/mol. The lowest BCUT2D eigenvalue weighted by atomic mass is 9.88. The molecule has 0 aliphatic heterocycles. The van der Waals surface area contributed by atoms with Gasteiger partial charge in [-0.15, -0.1) is 0 Å². The third-order valence-corrected chi connectivity index (χ3v) is 1.68. The predicted octanol–water partition coefficient (Wildman–Crippen LogP) is 3.69. The van der Waals surface area contributed by atoms with Crippen LogP contribution in [-0.2, 0) is 0 Å². The molecular weight excluding hydrogens is 198 g/mol. The first-order valence-electron chi connectivity index (χ1n) is 3.33. The van der Waals surface area contributed by atoms with Crippen LogP contribution >= 0.6 is 0 Å². The van der Waals surface area contributed by atoms with Gasteiger partial charge < -0.3 is 0 Å². The van der Waals surface area contributed by atoms with Crippen molar-refractivity contribution in [3.8, 4) is 0 Å². The zero-order valence-electron chi connectivity index (χ0n) is 6.92. The Bertz CT molecular complexity index is 182. The van der Waals surface area contributed by atoms with Crippen LogP contribution < -0.4 is 0 Å². The maximum absolute atomic E-state index is 12.0. The topological polar surface area (TPSA) is 0 Å². The van der Waals surface area contributed by atoms with Crippen LogP contribution in [0.5, 0.6) is 0 Å². The quantitative estimate of drug-likeness (QED) is 0.453. The van der Waals surface area contributed by atoms with Crippen molar-refractivity contribution in [1.29, 1.82) is 0 Å². The lowest BCUT2D eigenvalue weighted by molar-refractivity contribution is -0.314. The Morgan fingerprint density at radius 2 is 1.15 bits per heavy atom. The normalized spacial score (nSPS) is 15.4. The highest BCUT2D eigenvalue weighted by molar-refractivity contribution is 5.05. The Balaban J connectivity index is 5.21. The second kappa shape index (κ2) is 3.23. The molecule has 0 rings (SSSR count). The third-order valence-electron chi connectivity index (χ3n) is 1.68. The number of halogens is 6. The molecule has 0 heterocycles. The van der Waals surface area contributed by atoms with Gasteiger partial charge in [-0.2, -0.15) is 26.3 Å². The molecule has 0 aromatic rings. The summed E-state index contributed by atoms with van der Waals surface area (Å²) in [6, 6.07) is 0. The molecule has 6 heteroatoms. The summed E-state index contributed by atoms with van der Waals surface area (Å²) in [6.07, 6.45) is -9.80. The molecule has 0 N–H and O–H groups in total. The van der Waals surface area contributed by atoms with E-state index in [1.54, 1.807) is 0 Å². The first-order chi connectivity index (χ1) is 5.56. The second-order valence-corrected chi connectivity index (χ2v) is 2.70. The van der Waals surface area contributed by atoms with E-state index in [0.29, 0.717) is 0 Å². The van der Waals surface area contributed by atoms with Crippen LogP contribution in [0.15, 0.2) is 12.2 Å². The van der Waals surface area contributed by atoms with E-state index in [1.165, 1.54) is 0 Å². The Hall–Kier alpha value is -0.680. The van der Waals surface area contributed by atoms with Crippen molar-refractivity contribution in [1.82, 2.24) is 0 Å². The van der Waals surface area contributed by atoms with Crippen molar-refractivity contribution in [2.45, 2.75) is 26.2 Å². The molecule has 0 aromatic heterocycles. The molecule has 0 spiro atoms. The van der Waals surface area contributed by atoms with Gasteiger partial charge in [0, 0.05) is 0 Å². The Labute approximate surface area is 71.2 Å². The molecule has 0 radical (unpaired) electrons. The summed E-state index contributed by atoms with van der Waals surface area (Å²) in [4.78, 5) is 0. The molecule has 0 aliphatic rings. The van der Waals surface area contributed by atoms with E-state index < -0.39 is 17.8 Å². The fraction of sp³-hybridized carbons (Fsp3) is 0.714. The first kappa shape index (κ1) is 12.3. The van der Waals surface area contributed by atoms with Crippen molar-refractivity contribution in [3.63, 3.8) is 0 Å². The van der Waals surface area contributed by atoms with Crippen LogP contribution in [0.3, 0.4) is 0 Å². The summed E-state index contributed by atoms with van der Waals surface area (Å²) in [5.74, 6) is 0. The average molecular weight is 206 g/mol. The van der Waals surface area contributed by atoms with Gasteiger partial charge in [-0.25, -0.2) is 0 Å². The van der Waals surface area contributed by atoms with Gasteiger partial charge in [-0.05, 0) is 13.8 Å². The first-order valence-corrected chi connectivity index (χ1v) is 3.33. The smallest absolute Gasteiger partial charge is 0.170 e. The largest absolute Gasteiger partial charge is 0.406 e. The highest BCUT2D eigenvalue weighted by Gasteiger charge is 2.65. The van der Waals surface area contributed by atoms with Crippen molar-refractivity contribution >= 4 is 0 Å². The lowest BCUT2D eigenvalue weighted by Crippen LogP contribution is -2.46. The highest BCUT2D eigenvalue weighted by atomic mass is 19.4. The standard InChI is InChI=1S/C7H8F6/c1-3-4-5(2,6(8,9)10)7(11,12)13/h3-4H,1-2H3. The van der Waals surface area contributed by atoms with Gasteiger partial charge in [-0.1, -0.05) is 12.2 Å². The van der Waals surface area contributed by atoms with E-state index in [0.717, 1.165) is 13.0 Å². The number of allylic oxidation sites excluding steroid dienone is 2.